The third-order valence-electron chi connectivity index (χ3n) is 1.69. The van der Waals surface area contributed by atoms with Gasteiger partial charge in [-0.25, -0.2) is 0 Å². The molecule has 0 atom stereocenters. The van der Waals surface area contributed by atoms with Gasteiger partial charge >= 0.3 is 9.28 Å². The van der Waals surface area contributed by atoms with E-state index >= 15 is 0 Å². The van der Waals surface area contributed by atoms with Crippen LogP contribution in [-0.4, -0.2) is 34.4 Å². The molecule has 0 aromatic carbocycles. The zero-order valence-electron chi connectivity index (χ0n) is 9.04. The van der Waals surface area contributed by atoms with Crippen molar-refractivity contribution in [1.82, 2.24) is 0 Å². The molecule has 0 saturated heterocycles. The van der Waals surface area contributed by atoms with Crippen LogP contribution in [-0.2, 0) is 13.6 Å². The summed E-state index contributed by atoms with van der Waals surface area (Å²) in [5.74, 6) is 0.821. The molecule has 0 radical (unpaired) electrons. The van der Waals surface area contributed by atoms with Crippen LogP contribution < -0.4 is 0 Å². The van der Waals surface area contributed by atoms with Crippen molar-refractivity contribution in [1.29, 1.82) is 0 Å². The Morgan fingerprint density at radius 2 is 2.00 bits per heavy atom. The van der Waals surface area contributed by atoms with Crippen molar-refractivity contribution in [3.63, 3.8) is 0 Å². The molecule has 0 N–H and O–H groups in total. The van der Waals surface area contributed by atoms with E-state index in [2.05, 4.69) is 6.58 Å². The van der Waals surface area contributed by atoms with Crippen LogP contribution in [0.4, 0.5) is 0 Å². The Morgan fingerprint density at radius 3 is 2.43 bits per heavy atom. The summed E-state index contributed by atoms with van der Waals surface area (Å²) in [5, 5.41) is 0.0815. The molecule has 0 rings (SSSR count). The summed E-state index contributed by atoms with van der Waals surface area (Å²) in [6, 6.07) is 0.948. The second-order valence-electron chi connectivity index (χ2n) is 2.96. The standard InChI is InChI=1S/C9H18O3SSi/c1-8(2)9(10)13-6-5-7-14(11-3)12-4/h14H,1,5-7H2,2-4H3. The van der Waals surface area contributed by atoms with Gasteiger partial charge < -0.3 is 8.85 Å². The van der Waals surface area contributed by atoms with E-state index in [4.69, 9.17) is 8.85 Å². The molecule has 0 spiro atoms. The van der Waals surface area contributed by atoms with Gasteiger partial charge in [-0.2, -0.15) is 0 Å². The number of hydrogen-bond acceptors (Lipinski definition) is 4. The predicted octanol–water partition coefficient (Wildman–Crippen LogP) is 1.73. The van der Waals surface area contributed by atoms with Gasteiger partial charge in [0.25, 0.3) is 0 Å². The van der Waals surface area contributed by atoms with Gasteiger partial charge in [0.1, 0.15) is 0 Å². The number of rotatable bonds is 7. The van der Waals surface area contributed by atoms with Crippen LogP contribution in [0.25, 0.3) is 0 Å². The van der Waals surface area contributed by atoms with E-state index in [0.29, 0.717) is 5.57 Å². The van der Waals surface area contributed by atoms with Crippen molar-refractivity contribution in [3.8, 4) is 0 Å². The highest BCUT2D eigenvalue weighted by molar-refractivity contribution is 8.14. The van der Waals surface area contributed by atoms with Crippen LogP contribution in [0.15, 0.2) is 12.2 Å². The third kappa shape index (κ3) is 6.37. The normalized spacial score (nSPS) is 10.6. The van der Waals surface area contributed by atoms with Crippen molar-refractivity contribution in [2.45, 2.75) is 19.4 Å². The molecule has 0 amide bonds. The monoisotopic (exact) mass is 234 g/mol. The molecule has 0 aromatic heterocycles. The van der Waals surface area contributed by atoms with Crippen LogP contribution in [0.1, 0.15) is 13.3 Å². The quantitative estimate of drug-likeness (QED) is 0.382. The Hall–Kier alpha value is -0.103. The van der Waals surface area contributed by atoms with Crippen molar-refractivity contribution in [2.24, 2.45) is 0 Å². The van der Waals surface area contributed by atoms with Gasteiger partial charge in [-0.1, -0.05) is 18.3 Å². The van der Waals surface area contributed by atoms with Crippen LogP contribution >= 0.6 is 11.8 Å². The summed E-state index contributed by atoms with van der Waals surface area (Å²) in [7, 11) is 1.92. The zero-order chi connectivity index (χ0) is 11.0. The highest BCUT2D eigenvalue weighted by Gasteiger charge is 2.09. The van der Waals surface area contributed by atoms with Crippen LogP contribution in [0, 0.1) is 0 Å². The predicted molar refractivity (Wildman–Crippen MR) is 62.9 cm³/mol. The Kier molecular flexibility index (Phi) is 8.16. The first kappa shape index (κ1) is 13.9. The van der Waals surface area contributed by atoms with Crippen LogP contribution in [0.3, 0.4) is 0 Å². The second kappa shape index (κ2) is 8.23. The highest BCUT2D eigenvalue weighted by atomic mass is 32.2. The minimum atomic E-state index is -1.43. The highest BCUT2D eigenvalue weighted by Crippen LogP contribution is 2.12. The van der Waals surface area contributed by atoms with Gasteiger partial charge in [0.2, 0.25) is 5.12 Å². The third-order valence-corrected chi connectivity index (χ3v) is 4.73. The molecule has 0 heterocycles. The van der Waals surface area contributed by atoms with Crippen molar-refractivity contribution < 1.29 is 13.6 Å². The van der Waals surface area contributed by atoms with E-state index in [1.54, 1.807) is 21.1 Å². The molecule has 0 aliphatic heterocycles. The first-order valence-corrected chi connectivity index (χ1v) is 7.24. The average molecular weight is 234 g/mol. The Labute approximate surface area is 91.7 Å². The van der Waals surface area contributed by atoms with E-state index in [0.717, 1.165) is 18.2 Å². The fourth-order valence-corrected chi connectivity index (χ4v) is 3.11. The minimum Gasteiger partial charge on any atom is -0.400 e. The van der Waals surface area contributed by atoms with Crippen LogP contribution in [0.5, 0.6) is 0 Å². The molecule has 3 nitrogen and oxygen atoms in total. The molecule has 0 saturated carbocycles. The topological polar surface area (TPSA) is 35.5 Å². The lowest BCUT2D eigenvalue weighted by atomic mass is 10.4. The van der Waals surface area contributed by atoms with Gasteiger partial charge in [0.15, 0.2) is 0 Å². The molecule has 14 heavy (non-hydrogen) atoms. The molecule has 0 bridgehead atoms. The largest absolute Gasteiger partial charge is 0.400 e. The molecule has 0 fully saturated rings. The van der Waals surface area contributed by atoms with Gasteiger partial charge in [-0.15, -0.1) is 0 Å². The van der Waals surface area contributed by atoms with Gasteiger partial charge in [-0.05, 0) is 25.0 Å². The Bertz CT molecular complexity index is 192. The SMILES string of the molecule is C=C(C)C(=O)SCCC[SiH](OC)OC. The number of thioether (sulfide) groups is 1. The maximum atomic E-state index is 11.1. The minimum absolute atomic E-state index is 0.0815. The number of carbonyl (C=O) groups is 1. The van der Waals surface area contributed by atoms with E-state index in [-0.39, 0.29) is 5.12 Å². The summed E-state index contributed by atoms with van der Waals surface area (Å²) in [4.78, 5) is 11.1. The Balaban J connectivity index is 3.46. The fraction of sp³-hybridized carbons (Fsp3) is 0.667. The van der Waals surface area contributed by atoms with Crippen LogP contribution in [0.2, 0.25) is 6.04 Å². The summed E-state index contributed by atoms with van der Waals surface area (Å²) in [6.07, 6.45) is 0.961. The summed E-state index contributed by atoms with van der Waals surface area (Å²) in [5.41, 5.74) is 0.613. The number of carbonyl (C=O) groups excluding carboxylic acids is 1. The van der Waals surface area contributed by atoms with Crippen molar-refractivity contribution in [3.05, 3.63) is 12.2 Å². The lowest BCUT2D eigenvalue weighted by molar-refractivity contribution is -0.107. The van der Waals surface area contributed by atoms with Gasteiger partial charge in [0, 0.05) is 20.0 Å². The first-order chi connectivity index (χ1) is 6.61. The van der Waals surface area contributed by atoms with E-state index in [1.165, 1.54) is 11.8 Å². The Morgan fingerprint density at radius 1 is 1.43 bits per heavy atom. The molecule has 0 unspecified atom stereocenters. The molecule has 5 heteroatoms. The maximum Gasteiger partial charge on any atom is 0.320 e. The zero-order valence-corrected chi connectivity index (χ0v) is 11.0. The van der Waals surface area contributed by atoms with Crippen molar-refractivity contribution in [2.75, 3.05) is 20.0 Å². The van der Waals surface area contributed by atoms with Gasteiger partial charge in [0.05, 0.1) is 0 Å². The second-order valence-corrected chi connectivity index (χ2v) is 6.41. The molecule has 0 aromatic rings. The summed E-state index contributed by atoms with van der Waals surface area (Å²) < 4.78 is 10.3. The van der Waals surface area contributed by atoms with E-state index in [1.807, 2.05) is 0 Å². The van der Waals surface area contributed by atoms with E-state index < -0.39 is 9.28 Å². The van der Waals surface area contributed by atoms with Gasteiger partial charge in [-0.3, -0.25) is 4.79 Å². The molecule has 0 aliphatic rings. The summed E-state index contributed by atoms with van der Waals surface area (Å²) in [6.45, 7) is 5.32. The average Bonchev–Trinajstić information content (AvgIpc) is 2.17. The molecule has 0 aliphatic carbocycles. The lowest BCUT2D eigenvalue weighted by Crippen LogP contribution is -2.18. The lowest BCUT2D eigenvalue weighted by Gasteiger charge is -2.09. The summed E-state index contributed by atoms with van der Waals surface area (Å²) >= 11 is 1.32. The fourth-order valence-electron chi connectivity index (χ4n) is 0.870. The number of hydrogen-bond donors (Lipinski definition) is 0. The smallest absolute Gasteiger partial charge is 0.320 e. The molecule has 82 valence electrons. The molecular formula is C9H18O3SSi. The molecular weight excluding hydrogens is 216 g/mol. The van der Waals surface area contributed by atoms with E-state index in [9.17, 15) is 4.79 Å². The first-order valence-electron chi connectivity index (χ1n) is 4.50. The maximum absolute atomic E-state index is 11.1. The van der Waals surface area contributed by atoms with Crippen molar-refractivity contribution >= 4 is 26.2 Å².